The zero-order valence-corrected chi connectivity index (χ0v) is 19.7. The number of likely N-dealkylation sites (tertiary alicyclic amines) is 1. The van der Waals surface area contributed by atoms with Gasteiger partial charge in [-0.1, -0.05) is 26.3 Å². The van der Waals surface area contributed by atoms with Gasteiger partial charge < -0.3 is 25.4 Å². The number of amides is 1. The van der Waals surface area contributed by atoms with Crippen molar-refractivity contribution in [2.75, 3.05) is 32.7 Å². The van der Waals surface area contributed by atoms with Crippen LogP contribution in [0, 0.1) is 5.92 Å². The number of nitrogens with zero attached hydrogens (tertiary/aromatic N) is 1. The second-order valence-electron chi connectivity index (χ2n) is 10.1. The van der Waals surface area contributed by atoms with Crippen molar-refractivity contribution in [2.45, 2.75) is 77.5 Å². The van der Waals surface area contributed by atoms with E-state index in [4.69, 9.17) is 4.74 Å². The quantitative estimate of drug-likeness (QED) is 0.560. The number of carbonyl (C=O) groups excluding carboxylic acids is 1. The summed E-state index contributed by atoms with van der Waals surface area (Å²) in [4.78, 5) is 14.9. The molecule has 1 amide bonds. The van der Waals surface area contributed by atoms with Crippen molar-refractivity contribution >= 4 is 5.91 Å². The number of piperidine rings is 1. The Bertz CT molecular complexity index is 729. The van der Waals surface area contributed by atoms with Gasteiger partial charge >= 0.3 is 0 Å². The first kappa shape index (κ1) is 24.0. The average Bonchev–Trinajstić information content (AvgIpc) is 2.72. The van der Waals surface area contributed by atoms with E-state index in [1.807, 2.05) is 32.0 Å². The Balaban J connectivity index is 1.61. The molecule has 0 unspecified atom stereocenters. The Morgan fingerprint density at radius 2 is 1.97 bits per heavy atom. The minimum atomic E-state index is -0.671. The monoisotopic (exact) mass is 431 g/mol. The summed E-state index contributed by atoms with van der Waals surface area (Å²) in [5.74, 6) is 1.42. The molecule has 2 heterocycles. The van der Waals surface area contributed by atoms with Crippen LogP contribution < -0.4 is 15.4 Å². The van der Waals surface area contributed by atoms with Crippen LogP contribution in [0.3, 0.4) is 0 Å². The summed E-state index contributed by atoms with van der Waals surface area (Å²) in [6.45, 7) is 13.0. The third-order valence-electron chi connectivity index (χ3n) is 6.46. The molecule has 1 fully saturated rings. The van der Waals surface area contributed by atoms with E-state index < -0.39 is 11.7 Å². The smallest absolute Gasteiger partial charge is 0.224 e. The topological polar surface area (TPSA) is 73.8 Å². The molecule has 3 N–H and O–H groups in total. The van der Waals surface area contributed by atoms with E-state index in [2.05, 4.69) is 29.4 Å². The number of ether oxygens (including phenoxy) is 1. The highest BCUT2D eigenvalue weighted by molar-refractivity contribution is 5.78. The second-order valence-corrected chi connectivity index (χ2v) is 10.1. The van der Waals surface area contributed by atoms with Gasteiger partial charge in [0.05, 0.1) is 12.5 Å². The molecule has 174 valence electrons. The number of fused-ring (bicyclic) bond motifs is 1. The Labute approximate surface area is 187 Å². The van der Waals surface area contributed by atoms with Gasteiger partial charge in [-0.25, -0.2) is 0 Å². The van der Waals surface area contributed by atoms with Crippen molar-refractivity contribution in [2.24, 2.45) is 5.92 Å². The number of hydrogen-bond donors (Lipinski definition) is 3. The maximum Gasteiger partial charge on any atom is 0.224 e. The highest BCUT2D eigenvalue weighted by Gasteiger charge is 2.42. The summed E-state index contributed by atoms with van der Waals surface area (Å²) in [7, 11) is 0. The lowest BCUT2D eigenvalue weighted by Crippen LogP contribution is -2.52. The van der Waals surface area contributed by atoms with E-state index in [9.17, 15) is 9.90 Å². The molecule has 1 saturated heterocycles. The molecule has 1 aromatic carbocycles. The molecule has 1 aromatic rings. The van der Waals surface area contributed by atoms with Crippen molar-refractivity contribution < 1.29 is 14.6 Å². The van der Waals surface area contributed by atoms with Gasteiger partial charge in [0.1, 0.15) is 17.5 Å². The van der Waals surface area contributed by atoms with E-state index in [1.165, 1.54) is 19.3 Å². The third-order valence-corrected chi connectivity index (χ3v) is 6.46. The fourth-order valence-corrected chi connectivity index (χ4v) is 4.49. The lowest BCUT2D eigenvalue weighted by atomic mass is 9.85. The highest BCUT2D eigenvalue weighted by atomic mass is 16.5. The first-order chi connectivity index (χ1) is 14.8. The SMILES string of the molecule is CC(C)CCN[C@@H]1c2cc(CC(=O)NCCN3CCCCC3)ccc2OC(C)(C)[C@H]1O. The number of rotatable bonds is 9. The zero-order chi connectivity index (χ0) is 22.4. The van der Waals surface area contributed by atoms with E-state index in [-0.39, 0.29) is 11.9 Å². The molecule has 6 heteroatoms. The summed E-state index contributed by atoms with van der Waals surface area (Å²) >= 11 is 0. The van der Waals surface area contributed by atoms with E-state index in [0.717, 1.165) is 49.5 Å². The summed E-state index contributed by atoms with van der Waals surface area (Å²) < 4.78 is 6.09. The van der Waals surface area contributed by atoms with Crippen LogP contribution in [0.25, 0.3) is 0 Å². The first-order valence-electron chi connectivity index (χ1n) is 12.0. The van der Waals surface area contributed by atoms with Crippen LogP contribution in [0.1, 0.15) is 70.5 Å². The van der Waals surface area contributed by atoms with Gasteiger partial charge in [0.15, 0.2) is 0 Å². The van der Waals surface area contributed by atoms with Gasteiger partial charge in [0, 0.05) is 18.7 Å². The summed E-state index contributed by atoms with van der Waals surface area (Å²) in [6.07, 6.45) is 4.57. The predicted octanol–water partition coefficient (Wildman–Crippen LogP) is 3.04. The van der Waals surface area contributed by atoms with Gasteiger partial charge in [-0.15, -0.1) is 0 Å². The lowest BCUT2D eigenvalue weighted by molar-refractivity contribution is -0.120. The molecule has 31 heavy (non-hydrogen) atoms. The second kappa shape index (κ2) is 10.8. The number of hydrogen-bond acceptors (Lipinski definition) is 5. The van der Waals surface area contributed by atoms with Gasteiger partial charge in [-0.2, -0.15) is 0 Å². The molecule has 0 radical (unpaired) electrons. The summed E-state index contributed by atoms with van der Waals surface area (Å²) in [5, 5.41) is 17.5. The van der Waals surface area contributed by atoms with Crippen LogP contribution >= 0.6 is 0 Å². The highest BCUT2D eigenvalue weighted by Crippen LogP contribution is 2.40. The van der Waals surface area contributed by atoms with Crippen LogP contribution in [0.2, 0.25) is 0 Å². The molecule has 0 bridgehead atoms. The van der Waals surface area contributed by atoms with Gasteiger partial charge in [0.25, 0.3) is 0 Å². The molecular formula is C25H41N3O3. The van der Waals surface area contributed by atoms with E-state index in [1.54, 1.807) is 0 Å². The maximum absolute atomic E-state index is 12.5. The van der Waals surface area contributed by atoms with E-state index in [0.29, 0.717) is 18.9 Å². The molecule has 2 aliphatic heterocycles. The first-order valence-corrected chi connectivity index (χ1v) is 12.0. The molecule has 0 aliphatic carbocycles. The van der Waals surface area contributed by atoms with Crippen LogP contribution in [-0.2, 0) is 11.2 Å². The van der Waals surface area contributed by atoms with Gasteiger partial charge in [-0.3, -0.25) is 4.79 Å². The van der Waals surface area contributed by atoms with Crippen molar-refractivity contribution in [3.63, 3.8) is 0 Å². The fourth-order valence-electron chi connectivity index (χ4n) is 4.49. The molecule has 2 aliphatic rings. The Morgan fingerprint density at radius 3 is 2.68 bits per heavy atom. The molecule has 6 nitrogen and oxygen atoms in total. The number of benzene rings is 1. The van der Waals surface area contributed by atoms with E-state index >= 15 is 0 Å². The van der Waals surface area contributed by atoms with Gasteiger partial charge in [-0.05, 0) is 76.4 Å². The summed E-state index contributed by atoms with van der Waals surface area (Å²) in [5.41, 5.74) is 1.21. The van der Waals surface area contributed by atoms with Crippen LogP contribution in [0.15, 0.2) is 18.2 Å². The number of nitrogens with one attached hydrogen (secondary N) is 2. The van der Waals surface area contributed by atoms with Crippen LogP contribution in [-0.4, -0.2) is 60.3 Å². The Morgan fingerprint density at radius 1 is 1.23 bits per heavy atom. The Kier molecular flexibility index (Phi) is 8.36. The minimum absolute atomic E-state index is 0.0406. The molecular weight excluding hydrogens is 390 g/mol. The molecule has 0 saturated carbocycles. The van der Waals surface area contributed by atoms with Crippen LogP contribution in [0.4, 0.5) is 0 Å². The van der Waals surface area contributed by atoms with Crippen molar-refractivity contribution in [3.05, 3.63) is 29.3 Å². The van der Waals surface area contributed by atoms with Crippen molar-refractivity contribution in [3.8, 4) is 5.75 Å². The van der Waals surface area contributed by atoms with Gasteiger partial charge in [0.2, 0.25) is 5.91 Å². The maximum atomic E-state index is 12.5. The average molecular weight is 432 g/mol. The zero-order valence-electron chi connectivity index (χ0n) is 19.7. The third kappa shape index (κ3) is 6.67. The fraction of sp³-hybridized carbons (Fsp3) is 0.720. The summed E-state index contributed by atoms with van der Waals surface area (Å²) in [6, 6.07) is 5.71. The molecule has 2 atom stereocenters. The molecule has 0 spiro atoms. The van der Waals surface area contributed by atoms with Crippen molar-refractivity contribution in [1.29, 1.82) is 0 Å². The number of aliphatic hydroxyl groups is 1. The number of carbonyl (C=O) groups is 1. The number of aliphatic hydroxyl groups excluding tert-OH is 1. The predicted molar refractivity (Wildman–Crippen MR) is 124 cm³/mol. The molecule has 0 aromatic heterocycles. The van der Waals surface area contributed by atoms with Crippen LogP contribution in [0.5, 0.6) is 5.75 Å². The normalized spacial score (nSPS) is 23.3. The standard InChI is InChI=1S/C25H41N3O3/c1-18(2)10-11-27-23-20-16-19(8-9-21(20)31-25(3,4)24(23)30)17-22(29)26-12-15-28-13-6-5-7-14-28/h8-9,16,18,23-24,27,30H,5-7,10-15,17H2,1-4H3,(H,26,29)/t23-,24+/m1/s1. The molecule has 3 rings (SSSR count). The largest absolute Gasteiger partial charge is 0.485 e. The lowest BCUT2D eigenvalue weighted by Gasteiger charge is -2.42. The minimum Gasteiger partial charge on any atom is -0.485 e. The van der Waals surface area contributed by atoms with Crippen molar-refractivity contribution in [1.82, 2.24) is 15.5 Å². The Hall–Kier alpha value is -1.63.